The van der Waals surface area contributed by atoms with E-state index in [9.17, 15) is 23.7 Å². The number of hydrogen-bond donors (Lipinski definition) is 5. The van der Waals surface area contributed by atoms with Gasteiger partial charge in [-0.25, -0.2) is 33.3 Å². The van der Waals surface area contributed by atoms with Crippen LogP contribution in [0.4, 0.5) is 11.8 Å². The lowest BCUT2D eigenvalue weighted by atomic mass is 10.3. The first kappa shape index (κ1) is 50.5. The Balaban J connectivity index is 1.17. The second-order valence-electron chi connectivity index (χ2n) is 16.5. The van der Waals surface area contributed by atoms with Crippen LogP contribution in [0.3, 0.4) is 0 Å². The molecule has 3 fully saturated rings. The van der Waals surface area contributed by atoms with Crippen LogP contribution in [-0.2, 0) is 41.5 Å². The number of nitrogens with two attached hydrogens (primary N) is 2. The summed E-state index contributed by atoms with van der Waals surface area (Å²) < 4.78 is 91.6. The third kappa shape index (κ3) is 11.1. The highest BCUT2D eigenvalue weighted by Crippen LogP contribution is 2.57. The molecule has 0 bridgehead atoms. The molecule has 3 aliphatic rings. The van der Waals surface area contributed by atoms with Crippen molar-refractivity contribution in [3.8, 4) is 0 Å². The van der Waals surface area contributed by atoms with Crippen LogP contribution >= 0.6 is 23.5 Å². The van der Waals surface area contributed by atoms with E-state index >= 15 is 9.13 Å². The second-order valence-corrected chi connectivity index (χ2v) is 23.2. The van der Waals surface area contributed by atoms with Gasteiger partial charge in [0.15, 0.2) is 23.6 Å². The normalized spacial score (nSPS) is 25.4. The van der Waals surface area contributed by atoms with E-state index in [4.69, 9.17) is 39.2 Å². The van der Waals surface area contributed by atoms with E-state index in [0.717, 1.165) is 4.57 Å². The number of H-pyrrole nitrogens is 2. The average Bonchev–Trinajstić information content (AvgIpc) is 3.71. The van der Waals surface area contributed by atoms with Crippen LogP contribution in [0, 0.1) is 6.92 Å². The maximum Gasteiger partial charge on any atom is 0.615 e. The standard InChI is InChI=1S/C35H55N16O13P3/c1-21-12-50(35(55)43-31(21)52)27-15-47(13-23(63-27)17-59-65(56)44(2)3)67(58,46(6)7)61-19-24-14-48(16-28(64-24)51-20-39-29-30(51)41-33(37)42-32(29)53)66(57,45(4)5)60-18-22-10-38-11-26(62-22)49-9-8-25(36)40-34(49)54/h8-9,12,20,22-24,26-28,38H,10-11,13-19H2,1-7H3,(H5-,36,37,40,41,42,43,52,53,54,55)/p+1. The third-order valence-corrected chi connectivity index (χ3v) is 17.1. The zero-order chi connectivity index (χ0) is 48.5. The van der Waals surface area contributed by atoms with Crippen LogP contribution in [-0.4, -0.2) is 182 Å². The monoisotopic (exact) mass is 1000 g/mol. The van der Waals surface area contributed by atoms with E-state index in [1.165, 1.54) is 59.5 Å². The number of aromatic nitrogens is 8. The molecule has 0 saturated carbocycles. The molecule has 67 heavy (non-hydrogen) atoms. The van der Waals surface area contributed by atoms with Crippen molar-refractivity contribution >= 4 is 46.4 Å². The van der Waals surface area contributed by atoms with E-state index in [1.54, 1.807) is 47.0 Å². The summed E-state index contributed by atoms with van der Waals surface area (Å²) in [6.45, 7) is 0.828. The summed E-state index contributed by atoms with van der Waals surface area (Å²) >= 11 is 0. The fourth-order valence-electron chi connectivity index (χ4n) is 7.57. The average molecular weight is 1000 g/mol. The molecule has 4 aromatic heterocycles. The number of nitrogens with zero attached hydrogens (tertiary/aromatic N) is 11. The first-order valence-corrected chi connectivity index (χ1v) is 25.0. The maximum absolute atomic E-state index is 15.3. The SMILES string of the molecule is Cc1cn(C2CN(P(=O)(OCC3CN(P(=O)(OCC4CNCC(n5ccc(N)nc5=O)O4)N(C)C)CC(n4cnc5c(=O)[nH]c(N)nc54)O3)N(C)C)CC(CO[P+](=O)N(C)C)O2)c(=O)[nH]c1=O. The number of morpholine rings is 3. The highest BCUT2D eigenvalue weighted by molar-refractivity contribution is 7.54. The van der Waals surface area contributed by atoms with Gasteiger partial charge in [-0.3, -0.25) is 42.4 Å². The number of anilines is 2. The number of nitrogens with one attached hydrogen (secondary N) is 3. The van der Waals surface area contributed by atoms with Crippen LogP contribution in [0.5, 0.6) is 0 Å². The topological polar surface area (TPSA) is 340 Å². The van der Waals surface area contributed by atoms with Crippen LogP contribution < -0.4 is 39.3 Å². The molecule has 0 aliphatic carbocycles. The molecule has 368 valence electrons. The van der Waals surface area contributed by atoms with Gasteiger partial charge in [-0.1, -0.05) is 4.67 Å². The Bertz CT molecular complexity index is 2780. The lowest BCUT2D eigenvalue weighted by Gasteiger charge is -2.45. The molecule has 9 unspecified atom stereocenters. The number of rotatable bonds is 17. The highest BCUT2D eigenvalue weighted by atomic mass is 31.2. The van der Waals surface area contributed by atoms with Crippen molar-refractivity contribution in [1.82, 2.24) is 67.3 Å². The number of aromatic amines is 2. The Morgan fingerprint density at radius 3 is 1.99 bits per heavy atom. The van der Waals surface area contributed by atoms with Crippen molar-refractivity contribution in [3.63, 3.8) is 0 Å². The van der Waals surface area contributed by atoms with E-state index in [1.807, 2.05) is 0 Å². The van der Waals surface area contributed by atoms with Gasteiger partial charge in [-0.05, 0) is 45.7 Å². The lowest BCUT2D eigenvalue weighted by molar-refractivity contribution is -0.127. The zero-order valence-corrected chi connectivity index (χ0v) is 40.5. The minimum atomic E-state index is -4.11. The molecule has 9 atom stereocenters. The van der Waals surface area contributed by atoms with E-state index < -0.39 is 83.0 Å². The van der Waals surface area contributed by atoms with Gasteiger partial charge in [-0.2, -0.15) is 9.97 Å². The Morgan fingerprint density at radius 2 is 1.37 bits per heavy atom. The van der Waals surface area contributed by atoms with Crippen molar-refractivity contribution in [2.45, 2.75) is 43.9 Å². The van der Waals surface area contributed by atoms with Crippen LogP contribution in [0.1, 0.15) is 24.2 Å². The first-order chi connectivity index (χ1) is 31.7. The molecular weight excluding hydrogens is 945 g/mol. The Labute approximate surface area is 383 Å². The molecule has 0 amide bonds. The van der Waals surface area contributed by atoms with Gasteiger partial charge in [-0.15, -0.1) is 4.52 Å². The van der Waals surface area contributed by atoms with Gasteiger partial charge in [0, 0.05) is 58.2 Å². The minimum absolute atomic E-state index is 0.0360. The number of imidazole rings is 1. The lowest BCUT2D eigenvalue weighted by Crippen LogP contribution is -2.51. The smallest absolute Gasteiger partial charge is 0.383 e. The summed E-state index contributed by atoms with van der Waals surface area (Å²) in [5, 5.41) is 3.21. The van der Waals surface area contributed by atoms with Crippen molar-refractivity contribution < 1.29 is 41.5 Å². The number of aryl methyl sites for hydroxylation is 1. The second kappa shape index (κ2) is 20.7. The Kier molecular flexibility index (Phi) is 15.6. The molecule has 7 rings (SSSR count). The van der Waals surface area contributed by atoms with Crippen molar-refractivity contribution in [2.24, 2.45) is 0 Å². The number of hydrogen-bond acceptors (Lipinski definition) is 19. The first-order valence-electron chi connectivity index (χ1n) is 20.9. The molecular formula is C35H56N16O13P3+. The summed E-state index contributed by atoms with van der Waals surface area (Å²) in [5.41, 5.74) is 9.31. The van der Waals surface area contributed by atoms with Gasteiger partial charge in [0.05, 0.1) is 44.8 Å². The third-order valence-electron chi connectivity index (χ3n) is 11.0. The molecule has 7 heterocycles. The van der Waals surface area contributed by atoms with Crippen molar-refractivity contribution in [1.29, 1.82) is 0 Å². The van der Waals surface area contributed by atoms with Crippen LogP contribution in [0.25, 0.3) is 11.2 Å². The van der Waals surface area contributed by atoms with Gasteiger partial charge in [0.1, 0.15) is 24.8 Å². The fourth-order valence-corrected chi connectivity index (χ4v) is 12.1. The summed E-state index contributed by atoms with van der Waals surface area (Å²) in [5.74, 6) is -0.123. The van der Waals surface area contributed by atoms with Crippen molar-refractivity contribution in [2.75, 3.05) is 113 Å². The molecule has 0 spiro atoms. The van der Waals surface area contributed by atoms with Crippen LogP contribution in [0.2, 0.25) is 0 Å². The maximum atomic E-state index is 15.3. The minimum Gasteiger partial charge on any atom is -0.383 e. The van der Waals surface area contributed by atoms with E-state index in [0.29, 0.717) is 6.54 Å². The molecule has 29 nitrogen and oxygen atoms in total. The molecule has 32 heteroatoms. The largest absolute Gasteiger partial charge is 0.615 e. The quantitative estimate of drug-likeness (QED) is 0.0783. The number of ether oxygens (including phenoxy) is 3. The summed E-state index contributed by atoms with van der Waals surface area (Å²) in [4.78, 5) is 67.8. The van der Waals surface area contributed by atoms with Gasteiger partial charge >= 0.3 is 34.9 Å². The molecule has 3 aliphatic heterocycles. The predicted molar refractivity (Wildman–Crippen MR) is 241 cm³/mol. The van der Waals surface area contributed by atoms with Gasteiger partial charge in [0.25, 0.3) is 11.1 Å². The zero-order valence-electron chi connectivity index (χ0n) is 37.9. The summed E-state index contributed by atoms with van der Waals surface area (Å²) in [7, 11) is -1.02. The van der Waals surface area contributed by atoms with E-state index in [2.05, 4.69) is 30.2 Å². The molecule has 4 aromatic rings. The molecule has 3 saturated heterocycles. The highest BCUT2D eigenvalue weighted by Gasteiger charge is 2.47. The van der Waals surface area contributed by atoms with Crippen LogP contribution in [0.15, 0.2) is 44.0 Å². The fraction of sp³-hybridized carbons (Fsp3) is 0.629. The summed E-state index contributed by atoms with van der Waals surface area (Å²) in [6.07, 6.45) is -1.39. The van der Waals surface area contributed by atoms with E-state index in [-0.39, 0.29) is 81.0 Å². The summed E-state index contributed by atoms with van der Waals surface area (Å²) in [6, 6.07) is 1.47. The molecule has 0 radical (unpaired) electrons. The van der Waals surface area contributed by atoms with Gasteiger partial charge < -0.3 is 40.0 Å². The predicted octanol–water partition coefficient (Wildman–Crippen LogP) is -1.11. The number of fused-ring (bicyclic) bond motifs is 1. The number of nitrogen functional groups attached to an aromatic ring is 2. The van der Waals surface area contributed by atoms with Crippen molar-refractivity contribution in [3.05, 3.63) is 72.0 Å². The Morgan fingerprint density at radius 1 is 0.776 bits per heavy atom. The Hall–Kier alpha value is -4.41. The molecule has 7 N–H and O–H groups in total. The molecule has 0 aromatic carbocycles. The van der Waals surface area contributed by atoms with Gasteiger partial charge in [0.2, 0.25) is 5.95 Å².